The first-order valence-electron chi connectivity index (χ1n) is 9.36. The number of nitrogens with zero attached hydrogens (tertiary/aromatic N) is 2. The Morgan fingerprint density at radius 2 is 1.89 bits per heavy atom. The van der Waals surface area contributed by atoms with Gasteiger partial charge in [0.2, 0.25) is 10.0 Å². The molecule has 7 nitrogen and oxygen atoms in total. The molecular formula is C19H26N2O5S. The van der Waals surface area contributed by atoms with Crippen LogP contribution in [-0.4, -0.2) is 60.3 Å². The van der Waals surface area contributed by atoms with Crippen LogP contribution >= 0.6 is 0 Å². The molecule has 0 radical (unpaired) electrons. The molecule has 0 spiro atoms. The Kier molecular flexibility index (Phi) is 5.58. The van der Waals surface area contributed by atoms with Crippen molar-refractivity contribution in [3.05, 3.63) is 29.8 Å². The second-order valence-corrected chi connectivity index (χ2v) is 9.51. The van der Waals surface area contributed by atoms with Crippen LogP contribution in [0.3, 0.4) is 0 Å². The van der Waals surface area contributed by atoms with Gasteiger partial charge in [-0.15, -0.1) is 0 Å². The van der Waals surface area contributed by atoms with Crippen LogP contribution in [0.4, 0.5) is 0 Å². The minimum atomic E-state index is -3.66. The maximum atomic E-state index is 13.0. The van der Waals surface area contributed by atoms with E-state index in [0.717, 1.165) is 19.3 Å². The summed E-state index contributed by atoms with van der Waals surface area (Å²) in [6.45, 7) is 4.71. The van der Waals surface area contributed by atoms with E-state index in [1.165, 1.54) is 21.3 Å². The SMILES string of the molecule is CC1CCCCN1S(=O)(=O)c1cccc(C(=O)N2C[C@@H](C)[C@H](C(=O)O)C2)c1. The van der Waals surface area contributed by atoms with Crippen LogP contribution in [0.25, 0.3) is 0 Å². The summed E-state index contributed by atoms with van der Waals surface area (Å²) >= 11 is 0. The minimum Gasteiger partial charge on any atom is -0.481 e. The Balaban J connectivity index is 1.83. The predicted octanol–water partition coefficient (Wildman–Crippen LogP) is 2.04. The average Bonchev–Trinajstić information content (AvgIpc) is 3.03. The van der Waals surface area contributed by atoms with Crippen molar-refractivity contribution >= 4 is 21.9 Å². The summed E-state index contributed by atoms with van der Waals surface area (Å²) in [5.74, 6) is -1.95. The Morgan fingerprint density at radius 1 is 1.15 bits per heavy atom. The van der Waals surface area contributed by atoms with Crippen LogP contribution in [0, 0.1) is 11.8 Å². The molecule has 0 saturated carbocycles. The molecule has 2 saturated heterocycles. The van der Waals surface area contributed by atoms with Crippen LogP contribution in [0.5, 0.6) is 0 Å². The molecule has 3 rings (SSSR count). The highest BCUT2D eigenvalue weighted by Gasteiger charge is 2.37. The van der Waals surface area contributed by atoms with E-state index >= 15 is 0 Å². The van der Waals surface area contributed by atoms with E-state index in [9.17, 15) is 23.1 Å². The van der Waals surface area contributed by atoms with Crippen molar-refractivity contribution in [1.82, 2.24) is 9.21 Å². The van der Waals surface area contributed by atoms with Crippen LogP contribution in [-0.2, 0) is 14.8 Å². The van der Waals surface area contributed by atoms with Gasteiger partial charge in [0.1, 0.15) is 0 Å². The number of piperidine rings is 1. The van der Waals surface area contributed by atoms with Crippen molar-refractivity contribution in [3.8, 4) is 0 Å². The number of benzene rings is 1. The maximum absolute atomic E-state index is 13.0. The van der Waals surface area contributed by atoms with Crippen LogP contribution in [0.1, 0.15) is 43.5 Å². The standard InChI is InChI=1S/C19H26N2O5S/c1-13-11-20(12-17(13)19(23)24)18(22)15-7-5-8-16(10-15)27(25,26)21-9-4-3-6-14(21)2/h5,7-8,10,13-14,17H,3-4,6,9,11-12H2,1-2H3,(H,23,24)/t13-,14?,17-/m1/s1. The summed E-state index contributed by atoms with van der Waals surface area (Å²) < 4.78 is 27.5. The molecule has 27 heavy (non-hydrogen) atoms. The molecule has 0 aromatic heterocycles. The highest BCUT2D eigenvalue weighted by Crippen LogP contribution is 2.28. The minimum absolute atomic E-state index is 0.0566. The van der Waals surface area contributed by atoms with Gasteiger partial charge < -0.3 is 10.0 Å². The van der Waals surface area contributed by atoms with Crippen molar-refractivity contribution in [2.75, 3.05) is 19.6 Å². The van der Waals surface area contributed by atoms with Gasteiger partial charge >= 0.3 is 5.97 Å². The molecule has 1 unspecified atom stereocenters. The molecule has 2 fully saturated rings. The monoisotopic (exact) mass is 394 g/mol. The number of carboxylic acid groups (broad SMARTS) is 1. The lowest BCUT2D eigenvalue weighted by atomic mass is 9.99. The summed E-state index contributed by atoms with van der Waals surface area (Å²) in [7, 11) is -3.66. The number of likely N-dealkylation sites (tertiary alicyclic amines) is 1. The molecule has 2 heterocycles. The lowest BCUT2D eigenvalue weighted by Crippen LogP contribution is -2.42. The topological polar surface area (TPSA) is 95.0 Å². The Hall–Kier alpha value is -1.93. The molecular weight excluding hydrogens is 368 g/mol. The molecule has 0 bridgehead atoms. The van der Waals surface area contributed by atoms with E-state index in [1.807, 2.05) is 13.8 Å². The highest BCUT2D eigenvalue weighted by molar-refractivity contribution is 7.89. The fourth-order valence-electron chi connectivity index (χ4n) is 3.99. The van der Waals surface area contributed by atoms with Crippen molar-refractivity contribution in [2.24, 2.45) is 11.8 Å². The maximum Gasteiger partial charge on any atom is 0.308 e. The number of rotatable bonds is 4. The van der Waals surface area contributed by atoms with Crippen LogP contribution in [0.15, 0.2) is 29.2 Å². The Bertz CT molecular complexity index is 838. The number of carboxylic acids is 1. The van der Waals surface area contributed by atoms with Gasteiger partial charge in [0.25, 0.3) is 5.91 Å². The van der Waals surface area contributed by atoms with Gasteiger partial charge in [-0.05, 0) is 43.9 Å². The number of carbonyl (C=O) groups excluding carboxylic acids is 1. The summed E-state index contributed by atoms with van der Waals surface area (Å²) in [5, 5.41) is 9.25. The zero-order valence-electron chi connectivity index (χ0n) is 15.7. The summed E-state index contributed by atoms with van der Waals surface area (Å²) in [6.07, 6.45) is 2.69. The van der Waals surface area contributed by atoms with Gasteiger partial charge in [-0.3, -0.25) is 9.59 Å². The molecule has 1 aromatic carbocycles. The normalized spacial score (nSPS) is 26.9. The number of hydrogen-bond acceptors (Lipinski definition) is 4. The number of aliphatic carboxylic acids is 1. The lowest BCUT2D eigenvalue weighted by molar-refractivity contribution is -0.142. The van der Waals surface area contributed by atoms with Gasteiger partial charge in [-0.1, -0.05) is 19.4 Å². The van der Waals surface area contributed by atoms with E-state index < -0.39 is 21.9 Å². The van der Waals surface area contributed by atoms with Crippen molar-refractivity contribution < 1.29 is 23.1 Å². The smallest absolute Gasteiger partial charge is 0.308 e. The number of carbonyl (C=O) groups is 2. The molecule has 0 aliphatic carbocycles. The zero-order valence-corrected chi connectivity index (χ0v) is 16.5. The van der Waals surface area contributed by atoms with Crippen molar-refractivity contribution in [1.29, 1.82) is 0 Å². The van der Waals surface area contributed by atoms with Gasteiger partial charge in [-0.2, -0.15) is 4.31 Å². The first kappa shape index (κ1) is 19.8. The predicted molar refractivity (Wildman–Crippen MR) is 99.8 cm³/mol. The zero-order chi connectivity index (χ0) is 19.8. The number of hydrogen-bond donors (Lipinski definition) is 1. The van der Waals surface area contributed by atoms with Gasteiger partial charge in [0.05, 0.1) is 10.8 Å². The lowest BCUT2D eigenvalue weighted by Gasteiger charge is -2.32. The molecule has 148 valence electrons. The van der Waals surface area contributed by atoms with Crippen LogP contribution < -0.4 is 0 Å². The third-order valence-electron chi connectivity index (χ3n) is 5.65. The second-order valence-electron chi connectivity index (χ2n) is 7.62. The molecule has 2 aliphatic rings. The highest BCUT2D eigenvalue weighted by atomic mass is 32.2. The van der Waals surface area contributed by atoms with Crippen LogP contribution in [0.2, 0.25) is 0 Å². The molecule has 1 N–H and O–H groups in total. The molecule has 8 heteroatoms. The van der Waals surface area contributed by atoms with E-state index in [-0.39, 0.29) is 34.9 Å². The summed E-state index contributed by atoms with van der Waals surface area (Å²) in [6, 6.07) is 6.03. The molecule has 2 aliphatic heterocycles. The largest absolute Gasteiger partial charge is 0.481 e. The Morgan fingerprint density at radius 3 is 2.52 bits per heavy atom. The molecule has 3 atom stereocenters. The second kappa shape index (κ2) is 7.59. The average molecular weight is 394 g/mol. The summed E-state index contributed by atoms with van der Waals surface area (Å²) in [5.41, 5.74) is 0.277. The quantitative estimate of drug-likeness (QED) is 0.843. The van der Waals surface area contributed by atoms with E-state index in [2.05, 4.69) is 0 Å². The first-order valence-corrected chi connectivity index (χ1v) is 10.8. The van der Waals surface area contributed by atoms with E-state index in [0.29, 0.717) is 13.1 Å². The third-order valence-corrected chi connectivity index (χ3v) is 7.66. The summed E-state index contributed by atoms with van der Waals surface area (Å²) in [4.78, 5) is 25.7. The van der Waals surface area contributed by atoms with Gasteiger partial charge in [0.15, 0.2) is 0 Å². The molecule has 1 aromatic rings. The Labute approximate surface area is 160 Å². The van der Waals surface area contributed by atoms with Crippen molar-refractivity contribution in [3.63, 3.8) is 0 Å². The van der Waals surface area contributed by atoms with E-state index in [4.69, 9.17) is 0 Å². The molecule has 1 amide bonds. The fourth-order valence-corrected chi connectivity index (χ4v) is 5.74. The fraction of sp³-hybridized carbons (Fsp3) is 0.579. The number of amides is 1. The third kappa shape index (κ3) is 3.87. The first-order chi connectivity index (χ1) is 12.7. The number of sulfonamides is 1. The van der Waals surface area contributed by atoms with Gasteiger partial charge in [-0.25, -0.2) is 8.42 Å². The van der Waals surface area contributed by atoms with Crippen molar-refractivity contribution in [2.45, 2.75) is 44.0 Å². The van der Waals surface area contributed by atoms with E-state index in [1.54, 1.807) is 12.1 Å². The van der Waals surface area contributed by atoms with Gasteiger partial charge in [0, 0.05) is 31.2 Å².